The molecular formula is C12H14N4. The maximum atomic E-state index is 8.74. The average molecular weight is 214 g/mol. The van der Waals surface area contributed by atoms with Gasteiger partial charge in [0.2, 0.25) is 5.82 Å². The van der Waals surface area contributed by atoms with E-state index in [-0.39, 0.29) is 5.82 Å². The summed E-state index contributed by atoms with van der Waals surface area (Å²) in [6.45, 7) is 6.15. The monoisotopic (exact) mass is 214 g/mol. The lowest BCUT2D eigenvalue weighted by Gasteiger charge is -2.24. The Balaban J connectivity index is 2.16. The van der Waals surface area contributed by atoms with Crippen LogP contribution in [-0.2, 0) is 0 Å². The number of piperidine rings is 1. The molecule has 4 nitrogen and oxygen atoms in total. The molecule has 16 heavy (non-hydrogen) atoms. The zero-order chi connectivity index (χ0) is 11.4. The number of aromatic nitrogens is 2. The van der Waals surface area contributed by atoms with Crippen molar-refractivity contribution in [2.75, 3.05) is 13.1 Å². The normalized spacial score (nSPS) is 16.7. The molecule has 0 aliphatic carbocycles. The van der Waals surface area contributed by atoms with Gasteiger partial charge in [-0.3, -0.25) is 0 Å². The largest absolute Gasteiger partial charge is 0.317 e. The van der Waals surface area contributed by atoms with E-state index in [0.717, 1.165) is 37.2 Å². The summed E-state index contributed by atoms with van der Waals surface area (Å²) in [4.78, 5) is 8.03. The quantitative estimate of drug-likeness (QED) is 0.807. The van der Waals surface area contributed by atoms with E-state index >= 15 is 0 Å². The highest BCUT2D eigenvalue weighted by Gasteiger charge is 2.18. The molecular weight excluding hydrogens is 200 g/mol. The van der Waals surface area contributed by atoms with Gasteiger partial charge < -0.3 is 5.32 Å². The topological polar surface area (TPSA) is 61.6 Å². The molecule has 1 aliphatic rings. The fourth-order valence-corrected chi connectivity index (χ4v) is 1.97. The van der Waals surface area contributed by atoms with Crippen LogP contribution in [0.1, 0.15) is 24.4 Å². The fourth-order valence-electron chi connectivity index (χ4n) is 1.97. The molecule has 1 N–H and O–H groups in total. The molecule has 82 valence electrons. The molecule has 2 heterocycles. The molecule has 0 amide bonds. The van der Waals surface area contributed by atoms with Crippen LogP contribution in [0.4, 0.5) is 0 Å². The van der Waals surface area contributed by atoms with E-state index in [1.54, 1.807) is 6.20 Å². The Morgan fingerprint density at radius 3 is 2.94 bits per heavy atom. The molecule has 2 rings (SSSR count). The van der Waals surface area contributed by atoms with Crippen LogP contribution in [0, 0.1) is 17.2 Å². The molecule has 0 atom stereocenters. The predicted molar refractivity (Wildman–Crippen MR) is 61.4 cm³/mol. The van der Waals surface area contributed by atoms with Crippen molar-refractivity contribution in [1.29, 1.82) is 5.26 Å². The number of allylic oxidation sites excluding steroid dienone is 1. The van der Waals surface area contributed by atoms with Crippen molar-refractivity contribution in [1.82, 2.24) is 15.3 Å². The maximum Gasteiger partial charge on any atom is 0.232 e. The van der Waals surface area contributed by atoms with Crippen molar-refractivity contribution in [3.05, 3.63) is 30.4 Å². The highest BCUT2D eigenvalue weighted by atomic mass is 14.9. The zero-order valence-corrected chi connectivity index (χ0v) is 9.11. The molecule has 1 aromatic heterocycles. The Bertz CT molecular complexity index is 427. The van der Waals surface area contributed by atoms with Gasteiger partial charge in [-0.25, -0.2) is 9.97 Å². The highest BCUT2D eigenvalue weighted by molar-refractivity contribution is 5.62. The van der Waals surface area contributed by atoms with Crippen LogP contribution in [-0.4, -0.2) is 23.1 Å². The second-order valence-electron chi connectivity index (χ2n) is 3.93. The lowest BCUT2D eigenvalue weighted by atomic mass is 9.89. The van der Waals surface area contributed by atoms with Gasteiger partial charge in [0.15, 0.2) is 0 Å². The Morgan fingerprint density at radius 1 is 1.50 bits per heavy atom. The van der Waals surface area contributed by atoms with Crippen LogP contribution in [0.2, 0.25) is 0 Å². The number of nitriles is 1. The van der Waals surface area contributed by atoms with Gasteiger partial charge in [0.05, 0.1) is 5.69 Å². The van der Waals surface area contributed by atoms with E-state index in [0.29, 0.717) is 5.92 Å². The zero-order valence-electron chi connectivity index (χ0n) is 9.11. The van der Waals surface area contributed by atoms with Crippen LogP contribution in [0.25, 0.3) is 5.57 Å². The molecule has 1 aliphatic heterocycles. The van der Waals surface area contributed by atoms with Gasteiger partial charge in [-0.1, -0.05) is 6.58 Å². The molecule has 0 spiro atoms. The van der Waals surface area contributed by atoms with E-state index in [4.69, 9.17) is 5.26 Å². The number of hydrogen-bond donors (Lipinski definition) is 1. The first-order valence-corrected chi connectivity index (χ1v) is 5.44. The molecule has 0 radical (unpaired) electrons. The van der Waals surface area contributed by atoms with Crippen molar-refractivity contribution in [3.63, 3.8) is 0 Å². The van der Waals surface area contributed by atoms with Gasteiger partial charge in [-0.15, -0.1) is 0 Å². The minimum absolute atomic E-state index is 0.215. The summed E-state index contributed by atoms with van der Waals surface area (Å²) in [5.41, 5.74) is 1.83. The van der Waals surface area contributed by atoms with E-state index in [2.05, 4.69) is 21.9 Å². The third kappa shape index (κ3) is 2.26. The smallest absolute Gasteiger partial charge is 0.232 e. The van der Waals surface area contributed by atoms with Crippen molar-refractivity contribution in [2.45, 2.75) is 12.8 Å². The summed E-state index contributed by atoms with van der Waals surface area (Å²) in [6.07, 6.45) is 3.79. The molecule has 4 heteroatoms. The van der Waals surface area contributed by atoms with Gasteiger partial charge in [-0.05, 0) is 43.5 Å². The molecule has 0 unspecified atom stereocenters. The standard InChI is InChI=1S/C12H14N4/c1-9(10-2-5-14-6-3-10)11-4-7-15-12(8-13)16-11/h4,7,10,14H,1-3,5-6H2. The highest BCUT2D eigenvalue weighted by Crippen LogP contribution is 2.26. The first-order chi connectivity index (χ1) is 7.81. The summed E-state index contributed by atoms with van der Waals surface area (Å²) >= 11 is 0. The summed E-state index contributed by atoms with van der Waals surface area (Å²) < 4.78 is 0. The van der Waals surface area contributed by atoms with Gasteiger partial charge >= 0.3 is 0 Å². The fraction of sp³-hybridized carbons (Fsp3) is 0.417. The number of rotatable bonds is 2. The Hall–Kier alpha value is -1.73. The number of nitrogens with zero attached hydrogens (tertiary/aromatic N) is 3. The first kappa shape index (κ1) is 10.8. The van der Waals surface area contributed by atoms with Crippen LogP contribution in [0.15, 0.2) is 18.8 Å². The van der Waals surface area contributed by atoms with Crippen molar-refractivity contribution < 1.29 is 0 Å². The van der Waals surface area contributed by atoms with Gasteiger partial charge in [0.25, 0.3) is 0 Å². The maximum absolute atomic E-state index is 8.74. The van der Waals surface area contributed by atoms with E-state index in [1.807, 2.05) is 12.1 Å². The minimum atomic E-state index is 0.215. The Labute approximate surface area is 95.0 Å². The minimum Gasteiger partial charge on any atom is -0.317 e. The van der Waals surface area contributed by atoms with E-state index < -0.39 is 0 Å². The average Bonchev–Trinajstić information content (AvgIpc) is 2.39. The van der Waals surface area contributed by atoms with E-state index in [9.17, 15) is 0 Å². The molecule has 0 bridgehead atoms. The predicted octanol–water partition coefficient (Wildman–Crippen LogP) is 1.36. The molecule has 1 fully saturated rings. The van der Waals surface area contributed by atoms with Crippen molar-refractivity contribution in [2.24, 2.45) is 5.92 Å². The second-order valence-corrected chi connectivity index (χ2v) is 3.93. The van der Waals surface area contributed by atoms with Crippen LogP contribution >= 0.6 is 0 Å². The summed E-state index contributed by atoms with van der Waals surface area (Å²) in [6, 6.07) is 3.77. The molecule has 0 aromatic carbocycles. The third-order valence-corrected chi connectivity index (χ3v) is 2.92. The van der Waals surface area contributed by atoms with Crippen molar-refractivity contribution in [3.8, 4) is 6.07 Å². The van der Waals surface area contributed by atoms with E-state index in [1.165, 1.54) is 0 Å². The summed E-state index contributed by atoms with van der Waals surface area (Å²) in [5.74, 6) is 0.690. The van der Waals surface area contributed by atoms with Gasteiger partial charge in [0, 0.05) is 6.20 Å². The number of nitrogens with one attached hydrogen (secondary N) is 1. The Kier molecular flexibility index (Phi) is 3.28. The lowest BCUT2D eigenvalue weighted by Crippen LogP contribution is -2.28. The van der Waals surface area contributed by atoms with Gasteiger partial charge in [0.1, 0.15) is 6.07 Å². The second kappa shape index (κ2) is 4.86. The molecule has 1 saturated heterocycles. The van der Waals surface area contributed by atoms with Gasteiger partial charge in [-0.2, -0.15) is 5.26 Å². The third-order valence-electron chi connectivity index (χ3n) is 2.92. The number of hydrogen-bond acceptors (Lipinski definition) is 4. The summed E-state index contributed by atoms with van der Waals surface area (Å²) in [7, 11) is 0. The lowest BCUT2D eigenvalue weighted by molar-refractivity contribution is 0.446. The van der Waals surface area contributed by atoms with Crippen LogP contribution in [0.3, 0.4) is 0 Å². The van der Waals surface area contributed by atoms with Crippen LogP contribution < -0.4 is 5.32 Å². The van der Waals surface area contributed by atoms with Crippen LogP contribution in [0.5, 0.6) is 0 Å². The summed E-state index contributed by atoms with van der Waals surface area (Å²) in [5, 5.41) is 12.1. The molecule has 0 saturated carbocycles. The Morgan fingerprint density at radius 2 is 2.25 bits per heavy atom. The first-order valence-electron chi connectivity index (χ1n) is 5.44. The van der Waals surface area contributed by atoms with Crippen molar-refractivity contribution >= 4 is 5.57 Å². The SMILES string of the molecule is C=C(c1ccnc(C#N)n1)C1CCNCC1. The molecule has 1 aromatic rings.